The number of hydrogen-bond acceptors (Lipinski definition) is 6. The van der Waals surface area contributed by atoms with Gasteiger partial charge in [-0.1, -0.05) is 0 Å². The maximum Gasteiger partial charge on any atom is 0.339 e. The van der Waals surface area contributed by atoms with Crippen molar-refractivity contribution in [2.75, 3.05) is 5.73 Å². The third kappa shape index (κ3) is 2.46. The van der Waals surface area contributed by atoms with Gasteiger partial charge < -0.3 is 5.73 Å². The lowest BCUT2D eigenvalue weighted by molar-refractivity contribution is 0.596. The number of nitrogens with zero attached hydrogens (tertiary/aromatic N) is 3. The number of pyridine rings is 1. The molecule has 0 fully saturated rings. The van der Waals surface area contributed by atoms with Gasteiger partial charge >= 0.3 is 11.1 Å². The van der Waals surface area contributed by atoms with Crippen LogP contribution in [0.25, 0.3) is 0 Å². The molecular formula is C9H8BrN5O2S. The van der Waals surface area contributed by atoms with E-state index < -0.39 is 11.1 Å². The maximum atomic E-state index is 11.2. The van der Waals surface area contributed by atoms with E-state index in [2.05, 4.69) is 31.0 Å². The van der Waals surface area contributed by atoms with Crippen molar-refractivity contribution < 1.29 is 0 Å². The zero-order valence-corrected chi connectivity index (χ0v) is 11.6. The first-order chi connectivity index (χ1) is 8.49. The molecule has 0 aliphatic carbocycles. The zero-order chi connectivity index (χ0) is 13.3. The quantitative estimate of drug-likeness (QED) is 0.770. The van der Waals surface area contributed by atoms with Crippen LogP contribution in [0.4, 0.5) is 5.69 Å². The maximum absolute atomic E-state index is 11.2. The number of aromatic nitrogens is 4. The first-order valence-electron chi connectivity index (χ1n) is 4.73. The van der Waals surface area contributed by atoms with E-state index in [1.54, 1.807) is 13.2 Å². The summed E-state index contributed by atoms with van der Waals surface area (Å²) in [5, 5.41) is 2.69. The zero-order valence-electron chi connectivity index (χ0n) is 9.18. The number of halogens is 1. The summed E-state index contributed by atoms with van der Waals surface area (Å²) < 4.78 is 2.05. The molecule has 0 atom stereocenters. The molecule has 2 heterocycles. The third-order valence-electron chi connectivity index (χ3n) is 2.02. The SMILES string of the molecule is Cn1[nH]c(=O)c(=O)nc1Sc1c(N)cncc1Br. The minimum Gasteiger partial charge on any atom is -0.397 e. The Morgan fingerprint density at radius 1 is 1.44 bits per heavy atom. The second kappa shape index (κ2) is 4.94. The standard InChI is InChI=1S/C9H8BrN5O2S/c1-15-9(13-7(16)8(17)14-15)18-6-4(10)2-12-3-5(6)11/h2-3H,11H2,1H3,(H,14,17). The summed E-state index contributed by atoms with van der Waals surface area (Å²) in [6.07, 6.45) is 3.08. The number of nitrogens with one attached hydrogen (secondary N) is 1. The highest BCUT2D eigenvalue weighted by atomic mass is 79.9. The highest BCUT2D eigenvalue weighted by Crippen LogP contribution is 2.35. The topological polar surface area (TPSA) is 107 Å². The molecular weight excluding hydrogens is 322 g/mol. The van der Waals surface area contributed by atoms with Gasteiger partial charge in [0.2, 0.25) is 0 Å². The van der Waals surface area contributed by atoms with Gasteiger partial charge in [-0.25, -0.2) is 0 Å². The van der Waals surface area contributed by atoms with E-state index in [1.807, 2.05) is 0 Å². The minimum atomic E-state index is -0.834. The first kappa shape index (κ1) is 12.8. The molecule has 0 aliphatic heterocycles. The second-order valence-corrected chi connectivity index (χ2v) is 5.17. The van der Waals surface area contributed by atoms with Gasteiger partial charge in [-0.2, -0.15) is 4.98 Å². The van der Waals surface area contributed by atoms with E-state index in [0.29, 0.717) is 20.2 Å². The molecule has 2 aromatic rings. The van der Waals surface area contributed by atoms with Gasteiger partial charge in [-0.3, -0.25) is 24.4 Å². The van der Waals surface area contributed by atoms with Gasteiger partial charge in [0.1, 0.15) is 0 Å². The van der Waals surface area contributed by atoms with Crippen LogP contribution in [0.3, 0.4) is 0 Å². The lowest BCUT2D eigenvalue weighted by Crippen LogP contribution is -2.33. The summed E-state index contributed by atoms with van der Waals surface area (Å²) in [5.41, 5.74) is 4.65. The molecule has 0 saturated heterocycles. The molecule has 0 spiro atoms. The van der Waals surface area contributed by atoms with Crippen molar-refractivity contribution in [1.29, 1.82) is 0 Å². The summed E-state index contributed by atoms with van der Waals surface area (Å²) in [7, 11) is 1.58. The molecule has 0 amide bonds. The molecule has 18 heavy (non-hydrogen) atoms. The van der Waals surface area contributed by atoms with Crippen LogP contribution >= 0.6 is 27.7 Å². The fourth-order valence-corrected chi connectivity index (χ4v) is 2.59. The first-order valence-corrected chi connectivity index (χ1v) is 6.34. The Morgan fingerprint density at radius 3 is 2.83 bits per heavy atom. The van der Waals surface area contributed by atoms with Crippen molar-refractivity contribution >= 4 is 33.4 Å². The summed E-state index contributed by atoms with van der Waals surface area (Å²) >= 11 is 4.47. The van der Waals surface area contributed by atoms with Crippen LogP contribution in [-0.4, -0.2) is 19.7 Å². The Bertz CT molecular complexity index is 691. The van der Waals surface area contributed by atoms with Gasteiger partial charge in [0.25, 0.3) is 0 Å². The molecule has 94 valence electrons. The largest absolute Gasteiger partial charge is 0.397 e. The second-order valence-electron chi connectivity index (χ2n) is 3.34. The summed E-state index contributed by atoms with van der Waals surface area (Å²) in [6, 6.07) is 0. The number of anilines is 1. The number of nitrogen functional groups attached to an aromatic ring is 1. The molecule has 7 nitrogen and oxygen atoms in total. The van der Waals surface area contributed by atoms with Crippen LogP contribution in [0.5, 0.6) is 0 Å². The molecule has 0 aliphatic rings. The van der Waals surface area contributed by atoms with E-state index in [4.69, 9.17) is 5.73 Å². The molecule has 0 aromatic carbocycles. The van der Waals surface area contributed by atoms with Crippen molar-refractivity contribution in [3.05, 3.63) is 37.6 Å². The Balaban J connectivity index is 2.50. The van der Waals surface area contributed by atoms with Crippen molar-refractivity contribution in [2.24, 2.45) is 7.05 Å². The van der Waals surface area contributed by atoms with Gasteiger partial charge in [-0.05, 0) is 27.7 Å². The molecule has 0 unspecified atom stereocenters. The fourth-order valence-electron chi connectivity index (χ4n) is 1.19. The predicted molar refractivity (Wildman–Crippen MR) is 70.6 cm³/mol. The van der Waals surface area contributed by atoms with Crippen LogP contribution in [0.15, 0.2) is 36.5 Å². The average Bonchev–Trinajstić information content (AvgIpc) is 2.30. The number of nitrogens with two attached hydrogens (primary N) is 1. The normalized spacial score (nSPS) is 10.6. The van der Waals surface area contributed by atoms with Gasteiger partial charge in [0, 0.05) is 13.2 Å². The van der Waals surface area contributed by atoms with E-state index >= 15 is 0 Å². The monoisotopic (exact) mass is 329 g/mol. The van der Waals surface area contributed by atoms with Crippen LogP contribution in [0, 0.1) is 0 Å². The Morgan fingerprint density at radius 2 is 2.17 bits per heavy atom. The molecule has 3 N–H and O–H groups in total. The van der Waals surface area contributed by atoms with Crippen LogP contribution in [0.2, 0.25) is 0 Å². The highest BCUT2D eigenvalue weighted by Gasteiger charge is 2.11. The van der Waals surface area contributed by atoms with Gasteiger partial charge in [0.05, 0.1) is 21.3 Å². The van der Waals surface area contributed by atoms with Crippen molar-refractivity contribution in [3.63, 3.8) is 0 Å². The summed E-state index contributed by atoms with van der Waals surface area (Å²) in [5.74, 6) is 0. The Hall–Kier alpha value is -1.61. The average molecular weight is 330 g/mol. The number of aromatic amines is 1. The van der Waals surface area contributed by atoms with E-state index in [9.17, 15) is 9.59 Å². The minimum absolute atomic E-state index is 0.332. The number of aryl methyl sites for hydroxylation is 1. The Labute approximate surface area is 114 Å². The van der Waals surface area contributed by atoms with E-state index in [-0.39, 0.29) is 0 Å². The third-order valence-corrected chi connectivity index (χ3v) is 4.09. The summed E-state index contributed by atoms with van der Waals surface area (Å²) in [4.78, 5) is 30.6. The number of rotatable bonds is 2. The smallest absolute Gasteiger partial charge is 0.339 e. The van der Waals surface area contributed by atoms with Crippen molar-refractivity contribution in [2.45, 2.75) is 10.1 Å². The lowest BCUT2D eigenvalue weighted by Gasteiger charge is -2.08. The Kier molecular flexibility index (Phi) is 3.53. The van der Waals surface area contributed by atoms with E-state index in [1.165, 1.54) is 10.9 Å². The summed E-state index contributed by atoms with van der Waals surface area (Å²) in [6.45, 7) is 0. The van der Waals surface area contributed by atoms with Gasteiger partial charge in [-0.15, -0.1) is 0 Å². The number of hydrogen-bond donors (Lipinski definition) is 2. The van der Waals surface area contributed by atoms with Crippen LogP contribution in [-0.2, 0) is 7.05 Å². The van der Waals surface area contributed by atoms with E-state index in [0.717, 1.165) is 11.8 Å². The van der Waals surface area contributed by atoms with Crippen LogP contribution < -0.4 is 16.9 Å². The van der Waals surface area contributed by atoms with Gasteiger partial charge in [0.15, 0.2) is 5.16 Å². The highest BCUT2D eigenvalue weighted by molar-refractivity contribution is 9.10. The van der Waals surface area contributed by atoms with Crippen molar-refractivity contribution in [1.82, 2.24) is 19.7 Å². The predicted octanol–water partition coefficient (Wildman–Crippen LogP) is 0.359. The number of H-pyrrole nitrogens is 1. The fraction of sp³-hybridized carbons (Fsp3) is 0.111. The van der Waals surface area contributed by atoms with Crippen molar-refractivity contribution in [3.8, 4) is 0 Å². The molecule has 2 rings (SSSR count). The molecule has 9 heteroatoms. The molecule has 0 saturated carbocycles. The van der Waals surface area contributed by atoms with Crippen LogP contribution in [0.1, 0.15) is 0 Å². The molecule has 0 bridgehead atoms. The lowest BCUT2D eigenvalue weighted by atomic mass is 10.4. The molecule has 0 radical (unpaired) electrons. The molecule has 2 aromatic heterocycles.